The molecule has 0 aromatic heterocycles. The fourth-order valence-electron chi connectivity index (χ4n) is 0.710. The third-order valence-electron chi connectivity index (χ3n) is 1.28. The first kappa shape index (κ1) is 12.3. The Labute approximate surface area is 80.6 Å². The van der Waals surface area contributed by atoms with Gasteiger partial charge in [-0.25, -0.2) is 0 Å². The van der Waals surface area contributed by atoms with E-state index in [1.54, 1.807) is 11.9 Å². The molecule has 3 heteroatoms. The second kappa shape index (κ2) is 9.36. The Balaban J connectivity index is 2.82. The van der Waals surface area contributed by atoms with Gasteiger partial charge in [-0.1, -0.05) is 18.9 Å². The van der Waals surface area contributed by atoms with Crippen LogP contribution in [0.4, 0.5) is 0 Å². The zero-order valence-corrected chi connectivity index (χ0v) is 9.25. The summed E-state index contributed by atoms with van der Waals surface area (Å²) in [5.41, 5.74) is 0. The first-order valence-electron chi connectivity index (χ1n) is 4.73. The molecule has 0 amide bonds. The fourth-order valence-corrected chi connectivity index (χ4v) is 1.35. The Kier molecular flexibility index (Phi) is 9.57. The minimum Gasteiger partial charge on any atom is -0.379 e. The SMILES string of the molecule is CCCSNCCCOC(C)C. The molecule has 0 saturated heterocycles. The van der Waals surface area contributed by atoms with Crippen LogP contribution in [0.5, 0.6) is 0 Å². The topological polar surface area (TPSA) is 21.3 Å². The van der Waals surface area contributed by atoms with Gasteiger partial charge < -0.3 is 4.74 Å². The molecule has 74 valence electrons. The van der Waals surface area contributed by atoms with Gasteiger partial charge in [0.05, 0.1) is 6.10 Å². The zero-order valence-electron chi connectivity index (χ0n) is 8.43. The monoisotopic (exact) mass is 191 g/mol. The molecule has 0 aromatic carbocycles. The first-order valence-corrected chi connectivity index (χ1v) is 5.72. The summed E-state index contributed by atoms with van der Waals surface area (Å²) in [6.45, 7) is 8.25. The van der Waals surface area contributed by atoms with E-state index in [9.17, 15) is 0 Å². The van der Waals surface area contributed by atoms with E-state index < -0.39 is 0 Å². The summed E-state index contributed by atoms with van der Waals surface area (Å²) in [6, 6.07) is 0. The van der Waals surface area contributed by atoms with Gasteiger partial charge >= 0.3 is 0 Å². The van der Waals surface area contributed by atoms with E-state index in [1.807, 2.05) is 0 Å². The van der Waals surface area contributed by atoms with Crippen molar-refractivity contribution in [3.8, 4) is 0 Å². The molecule has 1 N–H and O–H groups in total. The molecular weight excluding hydrogens is 170 g/mol. The molecule has 0 rings (SSSR count). The van der Waals surface area contributed by atoms with Crippen molar-refractivity contribution in [1.82, 2.24) is 4.72 Å². The Morgan fingerprint density at radius 2 is 2.17 bits per heavy atom. The molecule has 0 heterocycles. The van der Waals surface area contributed by atoms with Crippen molar-refractivity contribution >= 4 is 11.9 Å². The lowest BCUT2D eigenvalue weighted by Gasteiger charge is -2.07. The normalized spacial score (nSPS) is 11.0. The number of nitrogens with one attached hydrogen (secondary N) is 1. The number of ether oxygens (including phenoxy) is 1. The minimum absolute atomic E-state index is 0.369. The lowest BCUT2D eigenvalue weighted by Crippen LogP contribution is -2.11. The van der Waals surface area contributed by atoms with Crippen LogP contribution in [0.1, 0.15) is 33.6 Å². The maximum absolute atomic E-state index is 5.40. The van der Waals surface area contributed by atoms with Crippen LogP contribution in [0.15, 0.2) is 0 Å². The summed E-state index contributed by atoms with van der Waals surface area (Å²) >= 11 is 1.81. The second-order valence-electron chi connectivity index (χ2n) is 3.02. The van der Waals surface area contributed by atoms with Gasteiger partial charge in [0.1, 0.15) is 0 Å². The van der Waals surface area contributed by atoms with E-state index in [0.29, 0.717) is 6.10 Å². The second-order valence-corrected chi connectivity index (χ2v) is 4.00. The van der Waals surface area contributed by atoms with E-state index >= 15 is 0 Å². The van der Waals surface area contributed by atoms with Gasteiger partial charge in [0.2, 0.25) is 0 Å². The van der Waals surface area contributed by atoms with Crippen LogP contribution < -0.4 is 4.72 Å². The summed E-state index contributed by atoms with van der Waals surface area (Å²) in [5, 5.41) is 0. The lowest BCUT2D eigenvalue weighted by molar-refractivity contribution is 0.0778. The van der Waals surface area contributed by atoms with Gasteiger partial charge in [0, 0.05) is 18.9 Å². The Bertz CT molecular complexity index is 88.6. The maximum Gasteiger partial charge on any atom is 0.0518 e. The van der Waals surface area contributed by atoms with Gasteiger partial charge in [-0.05, 0) is 26.7 Å². The van der Waals surface area contributed by atoms with E-state index in [1.165, 1.54) is 12.2 Å². The summed E-state index contributed by atoms with van der Waals surface area (Å²) in [6.07, 6.45) is 2.71. The largest absolute Gasteiger partial charge is 0.379 e. The van der Waals surface area contributed by atoms with Crippen molar-refractivity contribution in [1.29, 1.82) is 0 Å². The quantitative estimate of drug-likeness (QED) is 0.470. The standard InChI is InChI=1S/C9H21NOS/c1-4-8-12-10-6-5-7-11-9(2)3/h9-10H,4-8H2,1-3H3. The van der Waals surface area contributed by atoms with Crippen LogP contribution in [0.3, 0.4) is 0 Å². The fraction of sp³-hybridized carbons (Fsp3) is 1.00. The van der Waals surface area contributed by atoms with E-state index in [-0.39, 0.29) is 0 Å². The van der Waals surface area contributed by atoms with Crippen molar-refractivity contribution < 1.29 is 4.74 Å². The Morgan fingerprint density at radius 1 is 1.42 bits per heavy atom. The molecule has 0 aliphatic heterocycles. The van der Waals surface area contributed by atoms with Gasteiger partial charge in [-0.2, -0.15) is 0 Å². The Morgan fingerprint density at radius 3 is 2.75 bits per heavy atom. The van der Waals surface area contributed by atoms with Gasteiger partial charge in [-0.3, -0.25) is 4.72 Å². The van der Waals surface area contributed by atoms with Gasteiger partial charge in [0.25, 0.3) is 0 Å². The number of rotatable bonds is 8. The van der Waals surface area contributed by atoms with Crippen molar-refractivity contribution in [3.63, 3.8) is 0 Å². The summed E-state index contributed by atoms with van der Waals surface area (Å²) in [4.78, 5) is 0. The van der Waals surface area contributed by atoms with Crippen LogP contribution in [-0.2, 0) is 4.74 Å². The van der Waals surface area contributed by atoms with Crippen LogP contribution in [-0.4, -0.2) is 25.0 Å². The highest BCUT2D eigenvalue weighted by Gasteiger charge is 1.92. The predicted molar refractivity (Wildman–Crippen MR) is 56.5 cm³/mol. The summed E-state index contributed by atoms with van der Waals surface area (Å²) < 4.78 is 8.70. The zero-order chi connectivity index (χ0) is 9.23. The van der Waals surface area contributed by atoms with E-state index in [4.69, 9.17) is 4.74 Å². The van der Waals surface area contributed by atoms with E-state index in [0.717, 1.165) is 19.6 Å². The molecule has 0 aromatic rings. The predicted octanol–water partition coefficient (Wildman–Crippen LogP) is 2.45. The van der Waals surface area contributed by atoms with Crippen LogP contribution in [0, 0.1) is 0 Å². The van der Waals surface area contributed by atoms with E-state index in [2.05, 4.69) is 25.5 Å². The van der Waals surface area contributed by atoms with Crippen molar-refractivity contribution in [3.05, 3.63) is 0 Å². The molecule has 0 aliphatic carbocycles. The third-order valence-corrected chi connectivity index (χ3v) is 2.30. The molecule has 0 fully saturated rings. The molecule has 0 saturated carbocycles. The van der Waals surface area contributed by atoms with Crippen molar-refractivity contribution in [2.75, 3.05) is 18.9 Å². The highest BCUT2D eigenvalue weighted by molar-refractivity contribution is 7.97. The molecule has 0 atom stereocenters. The third kappa shape index (κ3) is 10.3. The van der Waals surface area contributed by atoms with Crippen molar-refractivity contribution in [2.24, 2.45) is 0 Å². The average Bonchev–Trinajstić information content (AvgIpc) is 2.02. The smallest absolute Gasteiger partial charge is 0.0518 e. The average molecular weight is 191 g/mol. The molecule has 0 radical (unpaired) electrons. The first-order chi connectivity index (χ1) is 5.77. The number of hydrogen-bond donors (Lipinski definition) is 1. The number of hydrogen-bond acceptors (Lipinski definition) is 3. The molecule has 0 aliphatic rings. The summed E-state index contributed by atoms with van der Waals surface area (Å²) in [7, 11) is 0. The lowest BCUT2D eigenvalue weighted by atomic mass is 10.4. The molecule has 0 unspecified atom stereocenters. The van der Waals surface area contributed by atoms with Crippen LogP contribution >= 0.6 is 11.9 Å². The van der Waals surface area contributed by atoms with Crippen molar-refractivity contribution in [2.45, 2.75) is 39.7 Å². The summed E-state index contributed by atoms with van der Waals surface area (Å²) in [5.74, 6) is 1.20. The van der Waals surface area contributed by atoms with Crippen LogP contribution in [0.25, 0.3) is 0 Å². The highest BCUT2D eigenvalue weighted by Crippen LogP contribution is 1.96. The highest BCUT2D eigenvalue weighted by atomic mass is 32.2. The molecule has 2 nitrogen and oxygen atoms in total. The van der Waals surface area contributed by atoms with Crippen LogP contribution in [0.2, 0.25) is 0 Å². The maximum atomic E-state index is 5.40. The van der Waals surface area contributed by atoms with Gasteiger partial charge in [-0.15, -0.1) is 0 Å². The molecular formula is C9H21NOS. The minimum atomic E-state index is 0.369. The molecule has 12 heavy (non-hydrogen) atoms. The molecule has 0 bridgehead atoms. The molecule has 0 spiro atoms. The van der Waals surface area contributed by atoms with Gasteiger partial charge in [0.15, 0.2) is 0 Å². The Hall–Kier alpha value is 0.270.